The van der Waals surface area contributed by atoms with Crippen LogP contribution in [-0.4, -0.2) is 16.6 Å². The van der Waals surface area contributed by atoms with Gasteiger partial charge in [-0.15, -0.1) is 0 Å². The van der Waals surface area contributed by atoms with Gasteiger partial charge in [-0.05, 0) is 30.3 Å². The number of halogens is 2. The fourth-order valence-corrected chi connectivity index (χ4v) is 2.36. The molecule has 0 atom stereocenters. The molecule has 1 aromatic heterocycles. The molecule has 2 aromatic rings. The number of nitrogens with two attached hydrogens (primary N) is 1. The summed E-state index contributed by atoms with van der Waals surface area (Å²) in [6, 6.07) is 8.41. The van der Waals surface area contributed by atoms with E-state index in [1.165, 1.54) is 11.8 Å². The molecule has 0 aliphatic carbocycles. The highest BCUT2D eigenvalue weighted by Gasteiger charge is 2.07. The van der Waals surface area contributed by atoms with E-state index in [4.69, 9.17) is 28.9 Å². The molecule has 1 heterocycles. The van der Waals surface area contributed by atoms with E-state index in [-0.39, 0.29) is 11.7 Å². The number of aromatic nitrogens is 1. The van der Waals surface area contributed by atoms with E-state index in [1.54, 1.807) is 36.5 Å². The summed E-state index contributed by atoms with van der Waals surface area (Å²) < 4.78 is 0. The zero-order valence-corrected chi connectivity index (χ0v) is 12.6. The molecule has 0 fully saturated rings. The SMILES string of the molecule is Nc1cc(Cl)ccc1NC(=O)CSc1ccc(Cl)cn1. The van der Waals surface area contributed by atoms with E-state index in [0.29, 0.717) is 21.4 Å². The molecule has 1 amide bonds. The molecule has 7 heteroatoms. The Morgan fingerprint density at radius 1 is 1.25 bits per heavy atom. The summed E-state index contributed by atoms with van der Waals surface area (Å²) in [4.78, 5) is 15.9. The largest absolute Gasteiger partial charge is 0.397 e. The van der Waals surface area contributed by atoms with Gasteiger partial charge in [0.2, 0.25) is 5.91 Å². The number of nitrogens with zero attached hydrogens (tertiary/aromatic N) is 1. The molecule has 4 nitrogen and oxygen atoms in total. The van der Waals surface area contributed by atoms with Crippen LogP contribution in [0, 0.1) is 0 Å². The third-order valence-electron chi connectivity index (χ3n) is 2.34. The number of nitrogen functional groups attached to an aromatic ring is 1. The standard InChI is InChI=1S/C13H11Cl2N3OS/c14-8-1-3-11(10(16)5-8)18-12(19)7-20-13-4-2-9(15)6-17-13/h1-6H,7,16H2,(H,18,19). The molecule has 104 valence electrons. The number of carbonyl (C=O) groups excluding carboxylic acids is 1. The Labute approximate surface area is 130 Å². The Balaban J connectivity index is 1.90. The van der Waals surface area contributed by atoms with E-state index in [0.717, 1.165) is 5.03 Å². The topological polar surface area (TPSA) is 68.0 Å². The van der Waals surface area contributed by atoms with Crippen molar-refractivity contribution < 1.29 is 4.79 Å². The van der Waals surface area contributed by atoms with Gasteiger partial charge in [-0.2, -0.15) is 0 Å². The first-order valence-electron chi connectivity index (χ1n) is 5.64. The Bertz CT molecular complexity index is 620. The summed E-state index contributed by atoms with van der Waals surface area (Å²) in [5.41, 5.74) is 6.74. The summed E-state index contributed by atoms with van der Waals surface area (Å²) in [6.45, 7) is 0. The van der Waals surface area contributed by atoms with Crippen LogP contribution in [0.2, 0.25) is 10.0 Å². The smallest absolute Gasteiger partial charge is 0.234 e. The number of pyridine rings is 1. The average Bonchev–Trinajstić information content (AvgIpc) is 2.41. The number of nitrogens with one attached hydrogen (secondary N) is 1. The van der Waals surface area contributed by atoms with Gasteiger partial charge in [0.05, 0.1) is 27.2 Å². The predicted molar refractivity (Wildman–Crippen MR) is 84.5 cm³/mol. The van der Waals surface area contributed by atoms with Gasteiger partial charge >= 0.3 is 0 Å². The second-order valence-electron chi connectivity index (χ2n) is 3.88. The van der Waals surface area contributed by atoms with Gasteiger partial charge in [0, 0.05) is 11.2 Å². The lowest BCUT2D eigenvalue weighted by Gasteiger charge is -2.08. The number of benzene rings is 1. The third-order valence-corrected chi connectivity index (χ3v) is 3.74. The van der Waals surface area contributed by atoms with Crippen molar-refractivity contribution in [3.8, 4) is 0 Å². The lowest BCUT2D eigenvalue weighted by Crippen LogP contribution is -2.15. The molecule has 0 aliphatic heterocycles. The maximum atomic E-state index is 11.8. The number of amides is 1. The van der Waals surface area contributed by atoms with E-state index in [1.807, 2.05) is 0 Å². The molecule has 3 N–H and O–H groups in total. The average molecular weight is 328 g/mol. The number of thioether (sulfide) groups is 1. The number of anilines is 2. The minimum atomic E-state index is -0.166. The predicted octanol–water partition coefficient (Wildman–Crippen LogP) is 3.70. The number of hydrogen-bond acceptors (Lipinski definition) is 4. The van der Waals surface area contributed by atoms with Crippen LogP contribution in [0.3, 0.4) is 0 Å². The van der Waals surface area contributed by atoms with Crippen LogP contribution in [-0.2, 0) is 4.79 Å². The van der Waals surface area contributed by atoms with Crippen molar-refractivity contribution in [2.75, 3.05) is 16.8 Å². The Hall–Kier alpha value is -1.43. The molecule has 0 bridgehead atoms. The molecule has 0 aliphatic rings. The normalized spacial score (nSPS) is 10.3. The Kier molecular flexibility index (Phi) is 5.11. The summed E-state index contributed by atoms with van der Waals surface area (Å²) in [7, 11) is 0. The fraction of sp³-hybridized carbons (Fsp3) is 0.0769. The molecule has 0 saturated carbocycles. The highest BCUT2D eigenvalue weighted by molar-refractivity contribution is 7.99. The van der Waals surface area contributed by atoms with Crippen LogP contribution < -0.4 is 11.1 Å². The van der Waals surface area contributed by atoms with Crippen LogP contribution in [0.4, 0.5) is 11.4 Å². The van der Waals surface area contributed by atoms with E-state index >= 15 is 0 Å². The van der Waals surface area contributed by atoms with Crippen LogP contribution in [0.25, 0.3) is 0 Å². The zero-order valence-electron chi connectivity index (χ0n) is 10.3. The van der Waals surface area contributed by atoms with Crippen molar-refractivity contribution >= 4 is 52.2 Å². The monoisotopic (exact) mass is 327 g/mol. The molecule has 1 aromatic carbocycles. The maximum Gasteiger partial charge on any atom is 0.234 e. The summed E-state index contributed by atoms with van der Waals surface area (Å²) in [5.74, 6) is 0.0669. The number of rotatable bonds is 4. The Morgan fingerprint density at radius 2 is 2.00 bits per heavy atom. The highest BCUT2D eigenvalue weighted by Crippen LogP contribution is 2.23. The molecule has 20 heavy (non-hydrogen) atoms. The van der Waals surface area contributed by atoms with Crippen LogP contribution >= 0.6 is 35.0 Å². The molecular weight excluding hydrogens is 317 g/mol. The fourth-order valence-electron chi connectivity index (χ4n) is 1.42. The first-order valence-corrected chi connectivity index (χ1v) is 7.38. The van der Waals surface area contributed by atoms with Gasteiger partial charge in [0.25, 0.3) is 0 Å². The van der Waals surface area contributed by atoms with Crippen LogP contribution in [0.15, 0.2) is 41.6 Å². The molecule has 2 rings (SSSR count). The second-order valence-corrected chi connectivity index (χ2v) is 5.75. The first-order chi connectivity index (χ1) is 9.54. The summed E-state index contributed by atoms with van der Waals surface area (Å²) in [6.07, 6.45) is 1.54. The summed E-state index contributed by atoms with van der Waals surface area (Å²) >= 11 is 12.8. The quantitative estimate of drug-likeness (QED) is 0.663. The molecular formula is C13H11Cl2N3OS. The highest BCUT2D eigenvalue weighted by atomic mass is 35.5. The van der Waals surface area contributed by atoms with Crippen molar-refractivity contribution in [3.63, 3.8) is 0 Å². The van der Waals surface area contributed by atoms with Gasteiger partial charge < -0.3 is 11.1 Å². The van der Waals surface area contributed by atoms with E-state index < -0.39 is 0 Å². The van der Waals surface area contributed by atoms with Gasteiger partial charge in [-0.25, -0.2) is 4.98 Å². The van der Waals surface area contributed by atoms with Crippen molar-refractivity contribution in [2.45, 2.75) is 5.03 Å². The summed E-state index contributed by atoms with van der Waals surface area (Å²) in [5, 5.41) is 4.54. The lowest BCUT2D eigenvalue weighted by atomic mass is 10.2. The molecule has 0 radical (unpaired) electrons. The number of hydrogen-bond donors (Lipinski definition) is 2. The van der Waals surface area contributed by atoms with E-state index in [9.17, 15) is 4.79 Å². The minimum absolute atomic E-state index is 0.166. The Morgan fingerprint density at radius 3 is 2.65 bits per heavy atom. The van der Waals surface area contributed by atoms with Crippen molar-refractivity contribution in [1.29, 1.82) is 0 Å². The zero-order chi connectivity index (χ0) is 14.5. The van der Waals surface area contributed by atoms with Gasteiger partial charge in [-0.1, -0.05) is 35.0 Å². The van der Waals surface area contributed by atoms with Crippen molar-refractivity contribution in [3.05, 3.63) is 46.6 Å². The van der Waals surface area contributed by atoms with Gasteiger partial charge in [0.1, 0.15) is 0 Å². The lowest BCUT2D eigenvalue weighted by molar-refractivity contribution is -0.113. The molecule has 0 saturated heterocycles. The second kappa shape index (κ2) is 6.83. The first kappa shape index (κ1) is 15.0. The van der Waals surface area contributed by atoms with Gasteiger partial charge in [0.15, 0.2) is 0 Å². The van der Waals surface area contributed by atoms with E-state index in [2.05, 4.69) is 10.3 Å². The molecule has 0 spiro atoms. The van der Waals surface area contributed by atoms with Crippen LogP contribution in [0.1, 0.15) is 0 Å². The number of carbonyl (C=O) groups is 1. The third kappa shape index (κ3) is 4.30. The van der Waals surface area contributed by atoms with Crippen molar-refractivity contribution in [1.82, 2.24) is 4.98 Å². The van der Waals surface area contributed by atoms with Crippen molar-refractivity contribution in [2.24, 2.45) is 0 Å². The minimum Gasteiger partial charge on any atom is -0.397 e. The van der Waals surface area contributed by atoms with Crippen LogP contribution in [0.5, 0.6) is 0 Å². The van der Waals surface area contributed by atoms with Gasteiger partial charge in [-0.3, -0.25) is 4.79 Å². The molecule has 0 unspecified atom stereocenters. The maximum absolute atomic E-state index is 11.8.